The number of ether oxygens (including phenoxy) is 3. The second kappa shape index (κ2) is 18.3. The van der Waals surface area contributed by atoms with Gasteiger partial charge in [-0.15, -0.1) is 0 Å². The van der Waals surface area contributed by atoms with Crippen molar-refractivity contribution in [3.05, 3.63) is 117 Å². The molecule has 3 aliphatic heterocycles. The predicted molar refractivity (Wildman–Crippen MR) is 255 cm³/mol. The minimum absolute atomic E-state index is 0.0273. The third-order valence-electron chi connectivity index (χ3n) is 13.5. The fourth-order valence-electron chi connectivity index (χ4n) is 9.56. The van der Waals surface area contributed by atoms with Crippen LogP contribution in [-0.4, -0.2) is 133 Å². The number of halogens is 1. The molecule has 3 aromatic heterocycles. The summed E-state index contributed by atoms with van der Waals surface area (Å²) in [5.74, 6) is -1.04. The zero-order valence-electron chi connectivity index (χ0n) is 37.3. The number of allylic oxidation sites excluding steroid dienone is 1. The number of carbonyl (C=O) groups is 1. The molecule has 6 heterocycles. The second-order valence-electron chi connectivity index (χ2n) is 18.6. The van der Waals surface area contributed by atoms with E-state index in [1.807, 2.05) is 36.4 Å². The van der Waals surface area contributed by atoms with Crippen molar-refractivity contribution in [1.29, 1.82) is 0 Å². The fraction of sp³-hybridized carbons (Fsp3) is 0.396. The Morgan fingerprint density at radius 2 is 1.84 bits per heavy atom. The highest BCUT2D eigenvalue weighted by atomic mass is 35.5. The van der Waals surface area contributed by atoms with Gasteiger partial charge in [-0.05, 0) is 90.4 Å². The van der Waals surface area contributed by atoms with Crippen LogP contribution in [0.2, 0.25) is 5.02 Å². The normalized spacial score (nSPS) is 19.7. The number of nitro groups is 1. The molecule has 350 valence electrons. The summed E-state index contributed by atoms with van der Waals surface area (Å²) in [5, 5.41) is 17.0. The van der Waals surface area contributed by atoms with Crippen molar-refractivity contribution in [2.75, 3.05) is 77.1 Å². The molecular formula is C48H52ClN9O8S. The Morgan fingerprint density at radius 3 is 2.60 bits per heavy atom. The number of pyridine rings is 1. The van der Waals surface area contributed by atoms with E-state index in [4.69, 9.17) is 25.8 Å². The number of piperazine rings is 1. The number of amides is 1. The average Bonchev–Trinajstić information content (AvgIpc) is 3.94. The molecule has 1 aliphatic carbocycles. The van der Waals surface area contributed by atoms with Crippen molar-refractivity contribution in [3.8, 4) is 11.4 Å². The van der Waals surface area contributed by atoms with Crippen LogP contribution >= 0.6 is 11.6 Å². The van der Waals surface area contributed by atoms with Crippen LogP contribution in [0.15, 0.2) is 95.7 Å². The van der Waals surface area contributed by atoms with Crippen LogP contribution in [0.5, 0.6) is 5.75 Å². The van der Waals surface area contributed by atoms with Crippen LogP contribution in [-0.2, 0) is 19.5 Å². The molecule has 3 saturated heterocycles. The summed E-state index contributed by atoms with van der Waals surface area (Å²) in [6.45, 7) is 11.8. The van der Waals surface area contributed by atoms with Gasteiger partial charge >= 0.3 is 5.69 Å². The van der Waals surface area contributed by atoms with Gasteiger partial charge in [0.05, 0.1) is 52.4 Å². The maximum absolute atomic E-state index is 14.3. The number of hydrogen-bond donors (Lipinski definition) is 2. The summed E-state index contributed by atoms with van der Waals surface area (Å²) >= 11 is 6.26. The molecule has 1 atom stereocenters. The predicted octanol–water partition coefficient (Wildman–Crippen LogP) is 6.85. The zero-order valence-corrected chi connectivity index (χ0v) is 38.9. The maximum Gasteiger partial charge on any atom is 0.312 e. The van der Waals surface area contributed by atoms with Gasteiger partial charge in [0.2, 0.25) is 0 Å². The summed E-state index contributed by atoms with van der Waals surface area (Å²) in [4.78, 5) is 41.4. The Morgan fingerprint density at radius 1 is 1.03 bits per heavy atom. The number of aromatic nitrogens is 4. The van der Waals surface area contributed by atoms with Gasteiger partial charge in [0, 0.05) is 80.4 Å². The van der Waals surface area contributed by atoms with Crippen molar-refractivity contribution in [3.63, 3.8) is 0 Å². The largest absolute Gasteiger partial charge is 0.484 e. The van der Waals surface area contributed by atoms with E-state index < -0.39 is 31.4 Å². The minimum Gasteiger partial charge on any atom is -0.484 e. The van der Waals surface area contributed by atoms with Gasteiger partial charge in [0.25, 0.3) is 15.9 Å². The van der Waals surface area contributed by atoms with Gasteiger partial charge in [-0.2, -0.15) is 0 Å². The van der Waals surface area contributed by atoms with E-state index in [0.29, 0.717) is 54.8 Å². The first-order valence-electron chi connectivity index (χ1n) is 22.6. The van der Waals surface area contributed by atoms with Crippen molar-refractivity contribution < 1.29 is 32.3 Å². The lowest BCUT2D eigenvalue weighted by atomic mass is 9.72. The third-order valence-corrected chi connectivity index (χ3v) is 15.0. The number of nitrogens with zero attached hydrogens (tertiary/aromatic N) is 7. The number of sulfonamides is 1. The molecular weight excluding hydrogens is 898 g/mol. The number of morpholine rings is 1. The van der Waals surface area contributed by atoms with E-state index in [1.165, 1.54) is 28.8 Å². The second-order valence-corrected chi connectivity index (χ2v) is 20.7. The van der Waals surface area contributed by atoms with Gasteiger partial charge in [0.15, 0.2) is 11.4 Å². The fourth-order valence-corrected chi connectivity index (χ4v) is 10.7. The Kier molecular flexibility index (Phi) is 12.3. The van der Waals surface area contributed by atoms with Crippen LogP contribution in [0, 0.1) is 15.5 Å². The number of aromatic amines is 1. The smallest absolute Gasteiger partial charge is 0.312 e. The summed E-state index contributed by atoms with van der Waals surface area (Å²) < 4.78 is 48.7. The summed E-state index contributed by atoms with van der Waals surface area (Å²) in [6.07, 6.45) is 6.22. The Balaban J connectivity index is 0.889. The van der Waals surface area contributed by atoms with Crippen molar-refractivity contribution in [2.24, 2.45) is 5.41 Å². The van der Waals surface area contributed by atoms with Crippen LogP contribution in [0.3, 0.4) is 0 Å². The minimum atomic E-state index is -4.63. The Bertz CT molecular complexity index is 3000. The van der Waals surface area contributed by atoms with Crippen molar-refractivity contribution in [2.45, 2.75) is 50.2 Å². The van der Waals surface area contributed by atoms with Crippen molar-refractivity contribution in [1.82, 2.24) is 34.3 Å². The molecule has 10 rings (SSSR count). The number of benzene rings is 3. The molecule has 67 heavy (non-hydrogen) atoms. The van der Waals surface area contributed by atoms with Gasteiger partial charge < -0.3 is 19.1 Å². The molecule has 17 nitrogen and oxygen atoms in total. The lowest BCUT2D eigenvalue weighted by Gasteiger charge is -2.41. The van der Waals surface area contributed by atoms with E-state index in [1.54, 1.807) is 23.1 Å². The van der Waals surface area contributed by atoms with E-state index in [0.717, 1.165) is 80.7 Å². The summed E-state index contributed by atoms with van der Waals surface area (Å²) in [7, 11) is -4.63. The lowest BCUT2D eigenvalue weighted by Crippen LogP contribution is -2.56. The highest BCUT2D eigenvalue weighted by molar-refractivity contribution is 7.90. The van der Waals surface area contributed by atoms with E-state index in [9.17, 15) is 23.3 Å². The van der Waals surface area contributed by atoms with Gasteiger partial charge in [-0.25, -0.2) is 23.1 Å². The van der Waals surface area contributed by atoms with Gasteiger partial charge in [-0.1, -0.05) is 43.2 Å². The molecule has 0 unspecified atom stereocenters. The molecule has 0 saturated carbocycles. The SMILES string of the molecule is CC1(C)CCC(CN2CCN(c3ccc(C(=O)NS(=O)(=O)c4ccc(OC[C@@H]5CN(C6COC6)CCO5)c([N+](=O)[O-])c4)c(-n4[nH]cc5nc6nccc6cc54)c3)CC2)=C(c2ccc(Cl)cc2)C1. The van der Waals surface area contributed by atoms with Gasteiger partial charge in [0.1, 0.15) is 18.2 Å². The highest BCUT2D eigenvalue weighted by Crippen LogP contribution is 2.43. The molecule has 1 amide bonds. The molecule has 3 fully saturated rings. The number of anilines is 1. The molecule has 0 radical (unpaired) electrons. The molecule has 0 spiro atoms. The van der Waals surface area contributed by atoms with Crippen molar-refractivity contribution >= 4 is 66.5 Å². The van der Waals surface area contributed by atoms with Gasteiger partial charge in [-0.3, -0.25) is 34.5 Å². The Hall–Kier alpha value is -5.89. The lowest BCUT2D eigenvalue weighted by molar-refractivity contribution is -0.386. The molecule has 6 aromatic rings. The summed E-state index contributed by atoms with van der Waals surface area (Å²) in [5.41, 5.74) is 6.86. The number of hydrogen-bond acceptors (Lipinski definition) is 13. The van der Waals surface area contributed by atoms with E-state index in [2.05, 4.69) is 60.5 Å². The first kappa shape index (κ1) is 44.9. The number of nitrogens with one attached hydrogen (secondary N) is 2. The van der Waals surface area contributed by atoms with E-state index >= 15 is 0 Å². The standard InChI is InChI=1S/C48H52ClN9O8S/c1-48(2)13-11-33(40(24-48)31-3-5-34(49)6-4-31)26-54-15-17-55(18-16-54)35-7-9-39(42(22-35)57-43-21-32-12-14-50-46(32)52-41(43)25-51-57)47(59)53-67(62,63)38-8-10-45(44(23-38)58(60)61)66-30-37-27-56(19-20-65-37)36-28-64-29-36/h3-10,12,14,21-23,25,36-37,51H,11,13,15-20,24,26-30H2,1-2H3,(H,53,59)/t37-/m0/s1. The number of carbonyl (C=O) groups excluding carboxylic acids is 1. The molecule has 0 bridgehead atoms. The maximum atomic E-state index is 14.3. The van der Waals surface area contributed by atoms with Crippen LogP contribution in [0.4, 0.5) is 11.4 Å². The quantitative estimate of drug-likeness (QED) is 0.0905. The molecule has 4 aliphatic rings. The topological polar surface area (TPSA) is 190 Å². The Labute approximate surface area is 392 Å². The average molecular weight is 951 g/mol. The molecule has 19 heteroatoms. The summed E-state index contributed by atoms with van der Waals surface area (Å²) in [6, 6.07) is 20.9. The monoisotopic (exact) mass is 949 g/mol. The zero-order chi connectivity index (χ0) is 46.5. The third kappa shape index (κ3) is 9.51. The molecule has 2 N–H and O–H groups in total. The highest BCUT2D eigenvalue weighted by Gasteiger charge is 2.33. The number of rotatable bonds is 13. The number of H-pyrrole nitrogens is 1. The first-order valence-corrected chi connectivity index (χ1v) is 24.4. The number of fused-ring (bicyclic) bond motifs is 2. The van der Waals surface area contributed by atoms with Crippen LogP contribution < -0.4 is 14.4 Å². The van der Waals surface area contributed by atoms with E-state index in [-0.39, 0.29) is 29.4 Å². The van der Waals surface area contributed by atoms with Crippen LogP contribution in [0.1, 0.15) is 49.0 Å². The first-order chi connectivity index (χ1) is 32.3. The molecule has 3 aromatic carbocycles. The number of nitro benzene ring substituents is 1. The van der Waals surface area contributed by atoms with Crippen LogP contribution in [0.25, 0.3) is 33.3 Å².